The van der Waals surface area contributed by atoms with Crippen LogP contribution in [0, 0.1) is 5.92 Å². The largest absolute Gasteiger partial charge is 0.497 e. The van der Waals surface area contributed by atoms with E-state index in [0.717, 1.165) is 42.3 Å². The van der Waals surface area contributed by atoms with Crippen molar-refractivity contribution in [3.05, 3.63) is 35.2 Å². The fourth-order valence-corrected chi connectivity index (χ4v) is 4.11. The molecular formula is C19H22N2O4S. The van der Waals surface area contributed by atoms with E-state index in [1.165, 1.54) is 6.42 Å². The van der Waals surface area contributed by atoms with Gasteiger partial charge >= 0.3 is 0 Å². The van der Waals surface area contributed by atoms with E-state index in [2.05, 4.69) is 5.32 Å². The van der Waals surface area contributed by atoms with Gasteiger partial charge in [-0.05, 0) is 42.7 Å². The fourth-order valence-electron chi connectivity index (χ4n) is 3.21. The van der Waals surface area contributed by atoms with Crippen LogP contribution in [0.2, 0.25) is 0 Å². The molecule has 0 unspecified atom stereocenters. The van der Waals surface area contributed by atoms with Crippen LogP contribution in [0.25, 0.3) is 0 Å². The number of carbonyl (C=O) groups is 3. The number of hydrogen-bond donors (Lipinski definition) is 1. The highest BCUT2D eigenvalue weighted by atomic mass is 32.2. The zero-order valence-electron chi connectivity index (χ0n) is 14.7. The Hall–Kier alpha value is -2.28. The Morgan fingerprint density at radius 1 is 1.31 bits per heavy atom. The van der Waals surface area contributed by atoms with Crippen molar-refractivity contribution >= 4 is 34.5 Å². The number of anilines is 1. The maximum atomic E-state index is 12.5. The number of nitrogens with one attached hydrogen (secondary N) is 1. The lowest BCUT2D eigenvalue weighted by Crippen LogP contribution is -2.36. The van der Waals surface area contributed by atoms with Crippen molar-refractivity contribution < 1.29 is 19.1 Å². The molecule has 1 saturated heterocycles. The Labute approximate surface area is 157 Å². The number of allylic oxidation sites excluding steroid dienone is 1. The SMILES string of the molecule is COc1cccc(NC(=O)CN2C(=O)S/C(=C\C3CCCCC3)C2=O)c1. The highest BCUT2D eigenvalue weighted by Crippen LogP contribution is 2.34. The molecule has 0 bridgehead atoms. The molecule has 1 aromatic carbocycles. The summed E-state index contributed by atoms with van der Waals surface area (Å²) in [6.45, 7) is -0.288. The topological polar surface area (TPSA) is 75.7 Å². The van der Waals surface area contributed by atoms with Crippen LogP contribution in [0.5, 0.6) is 5.75 Å². The van der Waals surface area contributed by atoms with Crippen molar-refractivity contribution in [1.29, 1.82) is 0 Å². The van der Waals surface area contributed by atoms with Gasteiger partial charge in [-0.15, -0.1) is 0 Å². The first-order chi connectivity index (χ1) is 12.6. The average molecular weight is 374 g/mol. The molecule has 6 nitrogen and oxygen atoms in total. The zero-order chi connectivity index (χ0) is 18.5. The Morgan fingerprint density at radius 2 is 2.08 bits per heavy atom. The second-order valence-corrected chi connectivity index (χ2v) is 7.46. The summed E-state index contributed by atoms with van der Waals surface area (Å²) in [5.41, 5.74) is 0.555. The normalized spacial score (nSPS) is 19.9. The summed E-state index contributed by atoms with van der Waals surface area (Å²) in [5, 5.41) is 2.30. The number of rotatable bonds is 5. The van der Waals surface area contributed by atoms with Crippen LogP contribution < -0.4 is 10.1 Å². The molecule has 2 fully saturated rings. The maximum absolute atomic E-state index is 12.5. The van der Waals surface area contributed by atoms with Crippen LogP contribution >= 0.6 is 11.8 Å². The first-order valence-electron chi connectivity index (χ1n) is 8.76. The minimum absolute atomic E-state index is 0.288. The smallest absolute Gasteiger partial charge is 0.294 e. The number of benzene rings is 1. The lowest BCUT2D eigenvalue weighted by Gasteiger charge is -2.18. The number of imide groups is 1. The molecule has 0 atom stereocenters. The molecule has 1 aromatic rings. The second kappa shape index (κ2) is 8.40. The van der Waals surface area contributed by atoms with Gasteiger partial charge in [-0.3, -0.25) is 19.3 Å². The molecule has 138 valence electrons. The van der Waals surface area contributed by atoms with Crippen LogP contribution in [0.1, 0.15) is 32.1 Å². The summed E-state index contributed by atoms with van der Waals surface area (Å²) in [4.78, 5) is 38.3. The van der Waals surface area contributed by atoms with Gasteiger partial charge in [0.1, 0.15) is 12.3 Å². The Balaban J connectivity index is 1.61. The molecule has 0 aromatic heterocycles. The Morgan fingerprint density at radius 3 is 2.81 bits per heavy atom. The summed E-state index contributed by atoms with van der Waals surface area (Å²) < 4.78 is 5.11. The number of ether oxygens (including phenoxy) is 1. The third-order valence-corrected chi connectivity index (χ3v) is 5.49. The molecule has 3 rings (SSSR count). The van der Waals surface area contributed by atoms with E-state index < -0.39 is 11.1 Å². The molecule has 3 amide bonds. The van der Waals surface area contributed by atoms with E-state index in [1.807, 2.05) is 6.08 Å². The predicted octanol–water partition coefficient (Wildman–Crippen LogP) is 3.79. The van der Waals surface area contributed by atoms with Gasteiger partial charge in [-0.25, -0.2) is 0 Å². The van der Waals surface area contributed by atoms with Crippen molar-refractivity contribution in [2.24, 2.45) is 5.92 Å². The lowest BCUT2D eigenvalue weighted by atomic mass is 9.89. The Bertz CT molecular complexity index is 741. The highest BCUT2D eigenvalue weighted by molar-refractivity contribution is 8.18. The molecule has 1 saturated carbocycles. The van der Waals surface area contributed by atoms with E-state index in [9.17, 15) is 14.4 Å². The highest BCUT2D eigenvalue weighted by Gasteiger charge is 2.36. The van der Waals surface area contributed by atoms with Gasteiger partial charge in [-0.2, -0.15) is 0 Å². The molecule has 2 aliphatic rings. The third kappa shape index (κ3) is 4.46. The molecule has 0 spiro atoms. The minimum Gasteiger partial charge on any atom is -0.497 e. The monoisotopic (exact) mass is 374 g/mol. The summed E-state index contributed by atoms with van der Waals surface area (Å²) in [6, 6.07) is 6.91. The standard InChI is InChI=1S/C19H22N2O4S/c1-25-15-9-5-8-14(11-15)20-17(22)12-21-18(23)16(26-19(21)24)10-13-6-3-2-4-7-13/h5,8-11,13H,2-4,6-7,12H2,1H3,(H,20,22)/b16-10-. The van der Waals surface area contributed by atoms with Gasteiger partial charge in [0.15, 0.2) is 0 Å². The van der Waals surface area contributed by atoms with Gasteiger partial charge in [0.2, 0.25) is 5.91 Å². The van der Waals surface area contributed by atoms with Gasteiger partial charge in [0.05, 0.1) is 12.0 Å². The molecule has 1 aliphatic heterocycles. The predicted molar refractivity (Wildman–Crippen MR) is 101 cm³/mol. The van der Waals surface area contributed by atoms with Crippen molar-refractivity contribution in [2.45, 2.75) is 32.1 Å². The minimum atomic E-state index is -0.417. The van der Waals surface area contributed by atoms with Crippen LogP contribution in [-0.4, -0.2) is 35.6 Å². The Kier molecular flexibility index (Phi) is 5.98. The van der Waals surface area contributed by atoms with Crippen LogP contribution in [-0.2, 0) is 9.59 Å². The maximum Gasteiger partial charge on any atom is 0.294 e. The first-order valence-corrected chi connectivity index (χ1v) is 9.58. The molecule has 7 heteroatoms. The number of methoxy groups -OCH3 is 1. The number of amides is 3. The summed E-state index contributed by atoms with van der Waals surface area (Å²) in [6.07, 6.45) is 7.59. The van der Waals surface area contributed by atoms with E-state index in [-0.39, 0.29) is 12.5 Å². The molecular weight excluding hydrogens is 352 g/mol. The van der Waals surface area contributed by atoms with E-state index in [0.29, 0.717) is 22.3 Å². The number of nitrogens with zero attached hydrogens (tertiary/aromatic N) is 1. The van der Waals surface area contributed by atoms with Gasteiger partial charge < -0.3 is 10.1 Å². The zero-order valence-corrected chi connectivity index (χ0v) is 15.5. The molecule has 1 N–H and O–H groups in total. The van der Waals surface area contributed by atoms with Crippen molar-refractivity contribution in [2.75, 3.05) is 19.0 Å². The van der Waals surface area contributed by atoms with Crippen molar-refractivity contribution in [3.63, 3.8) is 0 Å². The van der Waals surface area contributed by atoms with Crippen LogP contribution in [0.4, 0.5) is 10.5 Å². The quantitative estimate of drug-likeness (QED) is 0.794. The number of thioether (sulfide) groups is 1. The van der Waals surface area contributed by atoms with Gasteiger partial charge in [0, 0.05) is 11.8 Å². The average Bonchev–Trinajstić information content (AvgIpc) is 2.90. The number of carbonyl (C=O) groups excluding carboxylic acids is 3. The lowest BCUT2D eigenvalue weighted by molar-refractivity contribution is -0.127. The second-order valence-electron chi connectivity index (χ2n) is 6.47. The summed E-state index contributed by atoms with van der Waals surface area (Å²) >= 11 is 0.928. The molecule has 26 heavy (non-hydrogen) atoms. The molecule has 0 radical (unpaired) electrons. The van der Waals surface area contributed by atoms with Gasteiger partial charge in [-0.1, -0.05) is 31.4 Å². The van der Waals surface area contributed by atoms with Gasteiger partial charge in [0.25, 0.3) is 11.1 Å². The third-order valence-electron chi connectivity index (χ3n) is 4.57. The first kappa shape index (κ1) is 18.5. The van der Waals surface area contributed by atoms with Crippen molar-refractivity contribution in [1.82, 2.24) is 4.90 Å². The summed E-state index contributed by atoms with van der Waals surface area (Å²) in [7, 11) is 1.54. The fraction of sp³-hybridized carbons (Fsp3) is 0.421. The molecule has 1 aliphatic carbocycles. The van der Waals surface area contributed by atoms with E-state index >= 15 is 0 Å². The van der Waals surface area contributed by atoms with Crippen LogP contribution in [0.3, 0.4) is 0 Å². The van der Waals surface area contributed by atoms with E-state index in [4.69, 9.17) is 4.74 Å². The van der Waals surface area contributed by atoms with Crippen LogP contribution in [0.15, 0.2) is 35.2 Å². The van der Waals surface area contributed by atoms with E-state index in [1.54, 1.807) is 31.4 Å². The summed E-state index contributed by atoms with van der Waals surface area (Å²) in [5.74, 6) is 0.184. The van der Waals surface area contributed by atoms with Crippen molar-refractivity contribution in [3.8, 4) is 5.75 Å². The number of hydrogen-bond acceptors (Lipinski definition) is 5. The molecule has 1 heterocycles.